The number of carbonyl (C=O) groups excluding carboxylic acids is 1. The minimum absolute atomic E-state index is 0.116. The molecular formula is C20H22F2N2O. The van der Waals surface area contributed by atoms with Crippen molar-refractivity contribution in [3.05, 3.63) is 70.8 Å². The van der Waals surface area contributed by atoms with Gasteiger partial charge in [0.2, 0.25) is 5.91 Å². The number of carbonyl (C=O) groups is 1. The molecular weight excluding hydrogens is 322 g/mol. The van der Waals surface area contributed by atoms with E-state index in [4.69, 9.17) is 0 Å². The first-order valence-electron chi connectivity index (χ1n) is 8.51. The molecule has 0 aromatic heterocycles. The van der Waals surface area contributed by atoms with Crippen molar-refractivity contribution >= 4 is 5.91 Å². The summed E-state index contributed by atoms with van der Waals surface area (Å²) in [7, 11) is 0. The Kier molecular flexibility index (Phi) is 5.43. The third-order valence-corrected chi connectivity index (χ3v) is 4.71. The Morgan fingerprint density at radius 1 is 0.960 bits per heavy atom. The topological polar surface area (TPSA) is 23.6 Å². The zero-order valence-electron chi connectivity index (χ0n) is 14.3. The smallest absolute Gasteiger partial charge is 0.224 e. The van der Waals surface area contributed by atoms with Crippen molar-refractivity contribution in [3.8, 4) is 0 Å². The van der Waals surface area contributed by atoms with Gasteiger partial charge in [0.05, 0.1) is 0 Å². The minimum atomic E-state index is -0.572. The number of hydrogen-bond acceptors (Lipinski definition) is 2. The molecule has 5 heteroatoms. The van der Waals surface area contributed by atoms with Gasteiger partial charge in [0.25, 0.3) is 0 Å². The largest absolute Gasteiger partial charge is 0.337 e. The summed E-state index contributed by atoms with van der Waals surface area (Å²) < 4.78 is 26.9. The average molecular weight is 344 g/mol. The molecule has 0 unspecified atom stereocenters. The maximum absolute atomic E-state index is 13.8. The average Bonchev–Trinajstić information content (AvgIpc) is 2.75. The number of benzene rings is 2. The van der Waals surface area contributed by atoms with Gasteiger partial charge in [-0.25, -0.2) is 8.78 Å². The molecule has 1 aliphatic rings. The number of halogens is 2. The monoisotopic (exact) mass is 344 g/mol. The molecule has 1 aliphatic heterocycles. The van der Waals surface area contributed by atoms with E-state index in [1.54, 1.807) is 0 Å². The van der Waals surface area contributed by atoms with Crippen LogP contribution >= 0.6 is 0 Å². The van der Waals surface area contributed by atoms with Crippen molar-refractivity contribution in [1.82, 2.24) is 9.80 Å². The van der Waals surface area contributed by atoms with Crippen LogP contribution in [0.15, 0.2) is 42.5 Å². The lowest BCUT2D eigenvalue weighted by Crippen LogP contribution is -2.33. The van der Waals surface area contributed by atoms with Crippen LogP contribution in [0.3, 0.4) is 0 Å². The van der Waals surface area contributed by atoms with Crippen LogP contribution in [0.5, 0.6) is 0 Å². The summed E-state index contributed by atoms with van der Waals surface area (Å²) in [6, 6.07) is 11.7. The van der Waals surface area contributed by atoms with Gasteiger partial charge in [0, 0.05) is 50.8 Å². The lowest BCUT2D eigenvalue weighted by Gasteiger charge is -2.23. The standard InChI is InChI=1S/C20H22F2N2O/c1-15-4-2-3-5-16(15)14-24-11-10-23(9-8-20(24)25)13-17-6-7-18(21)12-19(17)22/h2-7,12H,8-11,13-14H2,1H3. The van der Waals surface area contributed by atoms with Crippen LogP contribution in [0.2, 0.25) is 0 Å². The van der Waals surface area contributed by atoms with Gasteiger partial charge in [-0.3, -0.25) is 9.69 Å². The van der Waals surface area contributed by atoms with Crippen molar-refractivity contribution in [1.29, 1.82) is 0 Å². The summed E-state index contributed by atoms with van der Waals surface area (Å²) in [5.41, 5.74) is 2.78. The van der Waals surface area contributed by atoms with Crippen molar-refractivity contribution in [2.75, 3.05) is 19.6 Å². The highest BCUT2D eigenvalue weighted by Gasteiger charge is 2.22. The Morgan fingerprint density at radius 2 is 1.76 bits per heavy atom. The van der Waals surface area contributed by atoms with Gasteiger partial charge in [-0.2, -0.15) is 0 Å². The molecule has 1 heterocycles. The summed E-state index contributed by atoms with van der Waals surface area (Å²) in [5, 5.41) is 0. The molecule has 1 saturated heterocycles. The molecule has 0 N–H and O–H groups in total. The van der Waals surface area contributed by atoms with Crippen LogP contribution in [0, 0.1) is 18.6 Å². The molecule has 0 atom stereocenters. The third kappa shape index (κ3) is 4.42. The first-order valence-corrected chi connectivity index (χ1v) is 8.51. The summed E-state index contributed by atoms with van der Waals surface area (Å²) >= 11 is 0. The Hall–Kier alpha value is -2.27. The van der Waals surface area contributed by atoms with Gasteiger partial charge in [-0.05, 0) is 24.1 Å². The molecule has 25 heavy (non-hydrogen) atoms. The number of aryl methyl sites for hydroxylation is 1. The molecule has 132 valence electrons. The molecule has 0 aliphatic carbocycles. The number of nitrogens with zero attached hydrogens (tertiary/aromatic N) is 2. The van der Waals surface area contributed by atoms with E-state index in [0.717, 1.165) is 11.6 Å². The van der Waals surface area contributed by atoms with Crippen molar-refractivity contribution < 1.29 is 13.6 Å². The quantitative estimate of drug-likeness (QED) is 0.847. The van der Waals surface area contributed by atoms with E-state index in [-0.39, 0.29) is 5.91 Å². The zero-order chi connectivity index (χ0) is 17.8. The molecule has 2 aromatic carbocycles. The number of hydrogen-bond donors (Lipinski definition) is 0. The lowest BCUT2D eigenvalue weighted by molar-refractivity contribution is -0.130. The van der Waals surface area contributed by atoms with Gasteiger partial charge in [0.1, 0.15) is 11.6 Å². The van der Waals surface area contributed by atoms with Gasteiger partial charge in [0.15, 0.2) is 0 Å². The van der Waals surface area contributed by atoms with Gasteiger partial charge < -0.3 is 4.90 Å². The minimum Gasteiger partial charge on any atom is -0.337 e. The molecule has 2 aromatic rings. The normalized spacial score (nSPS) is 16.1. The Bertz CT molecular complexity index is 763. The second kappa shape index (κ2) is 7.74. The highest BCUT2D eigenvalue weighted by molar-refractivity contribution is 5.76. The van der Waals surface area contributed by atoms with E-state index in [1.807, 2.05) is 41.0 Å². The number of amides is 1. The maximum atomic E-state index is 13.8. The Morgan fingerprint density at radius 3 is 2.52 bits per heavy atom. The Balaban J connectivity index is 1.64. The third-order valence-electron chi connectivity index (χ3n) is 4.71. The fraction of sp³-hybridized carbons (Fsp3) is 0.350. The van der Waals surface area contributed by atoms with Crippen molar-refractivity contribution in [2.45, 2.75) is 26.4 Å². The molecule has 0 radical (unpaired) electrons. The van der Waals surface area contributed by atoms with Gasteiger partial charge >= 0.3 is 0 Å². The van der Waals surface area contributed by atoms with E-state index in [1.165, 1.54) is 17.7 Å². The molecule has 3 rings (SSSR count). The predicted molar refractivity (Wildman–Crippen MR) is 92.8 cm³/mol. The van der Waals surface area contributed by atoms with E-state index < -0.39 is 11.6 Å². The lowest BCUT2D eigenvalue weighted by atomic mass is 10.1. The van der Waals surface area contributed by atoms with E-state index in [9.17, 15) is 13.6 Å². The van der Waals surface area contributed by atoms with E-state index in [2.05, 4.69) is 0 Å². The van der Waals surface area contributed by atoms with E-state index >= 15 is 0 Å². The molecule has 0 bridgehead atoms. The van der Waals surface area contributed by atoms with Gasteiger partial charge in [-0.15, -0.1) is 0 Å². The predicted octanol–water partition coefficient (Wildman–Crippen LogP) is 3.51. The van der Waals surface area contributed by atoms with Crippen LogP contribution in [0.1, 0.15) is 23.1 Å². The summed E-state index contributed by atoms with van der Waals surface area (Å²) in [6.07, 6.45) is 0.411. The molecule has 1 amide bonds. The van der Waals surface area contributed by atoms with Crippen LogP contribution in [-0.2, 0) is 17.9 Å². The molecule has 1 fully saturated rings. The molecule has 3 nitrogen and oxygen atoms in total. The molecule has 0 spiro atoms. The number of rotatable bonds is 4. The van der Waals surface area contributed by atoms with Crippen LogP contribution < -0.4 is 0 Å². The Labute approximate surface area is 146 Å². The van der Waals surface area contributed by atoms with E-state index in [0.29, 0.717) is 44.7 Å². The summed E-state index contributed by atoms with van der Waals surface area (Å²) in [5.74, 6) is -0.991. The molecule has 0 saturated carbocycles. The van der Waals surface area contributed by atoms with Crippen LogP contribution in [0.4, 0.5) is 8.78 Å². The van der Waals surface area contributed by atoms with Crippen LogP contribution in [0.25, 0.3) is 0 Å². The fourth-order valence-corrected chi connectivity index (χ4v) is 3.12. The summed E-state index contributed by atoms with van der Waals surface area (Å²) in [4.78, 5) is 16.3. The highest BCUT2D eigenvalue weighted by atomic mass is 19.1. The summed E-state index contributed by atoms with van der Waals surface area (Å²) in [6.45, 7) is 4.90. The van der Waals surface area contributed by atoms with Crippen LogP contribution in [-0.4, -0.2) is 35.3 Å². The first kappa shape index (κ1) is 17.5. The second-order valence-electron chi connectivity index (χ2n) is 6.50. The van der Waals surface area contributed by atoms with Gasteiger partial charge in [-0.1, -0.05) is 30.3 Å². The zero-order valence-corrected chi connectivity index (χ0v) is 14.3. The SMILES string of the molecule is Cc1ccccc1CN1CCN(Cc2ccc(F)cc2F)CCC1=O. The van der Waals surface area contributed by atoms with Crippen molar-refractivity contribution in [3.63, 3.8) is 0 Å². The van der Waals surface area contributed by atoms with Crippen molar-refractivity contribution in [2.24, 2.45) is 0 Å². The highest BCUT2D eigenvalue weighted by Crippen LogP contribution is 2.16. The first-order chi connectivity index (χ1) is 12.0. The maximum Gasteiger partial charge on any atom is 0.224 e. The fourth-order valence-electron chi connectivity index (χ4n) is 3.12. The second-order valence-corrected chi connectivity index (χ2v) is 6.50.